The van der Waals surface area contributed by atoms with Gasteiger partial charge in [-0.05, 0) is 43.2 Å². The molecule has 0 saturated carbocycles. The molecule has 0 unspecified atom stereocenters. The zero-order valence-corrected chi connectivity index (χ0v) is 17.7. The van der Waals surface area contributed by atoms with Crippen LogP contribution in [0.1, 0.15) is 37.2 Å². The topological polar surface area (TPSA) is 61.8 Å². The maximum Gasteiger partial charge on any atom is 0.272 e. The van der Waals surface area contributed by atoms with Gasteiger partial charge in [0, 0.05) is 51.2 Å². The highest BCUT2D eigenvalue weighted by atomic mass is 16.5. The van der Waals surface area contributed by atoms with Gasteiger partial charge in [-0.2, -0.15) is 0 Å². The summed E-state index contributed by atoms with van der Waals surface area (Å²) < 4.78 is 5.23. The van der Waals surface area contributed by atoms with Crippen molar-refractivity contribution in [2.45, 2.75) is 26.7 Å². The second kappa shape index (κ2) is 10.1. The highest BCUT2D eigenvalue weighted by Crippen LogP contribution is 2.21. The van der Waals surface area contributed by atoms with Crippen LogP contribution in [0.25, 0.3) is 0 Å². The number of carbonyl (C=O) groups is 1. The molecule has 156 valence electrons. The molecular weight excluding hydrogens is 366 g/mol. The molecule has 1 amide bonds. The van der Waals surface area contributed by atoms with Crippen molar-refractivity contribution in [3.8, 4) is 5.75 Å². The summed E-state index contributed by atoms with van der Waals surface area (Å²) in [7, 11) is 1.68. The van der Waals surface area contributed by atoms with Crippen LogP contribution in [0, 0.1) is 0 Å². The molecule has 0 bridgehead atoms. The Bertz CT molecular complexity index is 782. The van der Waals surface area contributed by atoms with Crippen molar-refractivity contribution >= 4 is 17.5 Å². The minimum atomic E-state index is -0.00535. The average Bonchev–Trinajstić information content (AvgIpc) is 2.79. The first-order valence-electron chi connectivity index (χ1n) is 10.4. The number of ether oxygens (including phenoxy) is 1. The van der Waals surface area contributed by atoms with E-state index >= 15 is 0 Å². The van der Waals surface area contributed by atoms with Crippen LogP contribution in [-0.2, 0) is 0 Å². The van der Waals surface area contributed by atoms with Crippen LogP contribution in [0.2, 0.25) is 0 Å². The van der Waals surface area contributed by atoms with Crippen molar-refractivity contribution in [1.82, 2.24) is 14.9 Å². The zero-order chi connectivity index (χ0) is 20.6. The molecule has 0 spiro atoms. The summed E-state index contributed by atoms with van der Waals surface area (Å²) in [6.07, 6.45) is 3.58. The Labute approximate surface area is 173 Å². The Morgan fingerprint density at radius 2 is 1.62 bits per heavy atom. The quantitative estimate of drug-likeness (QED) is 0.682. The predicted octanol–water partition coefficient (Wildman–Crippen LogP) is 3.07. The van der Waals surface area contributed by atoms with E-state index in [1.165, 1.54) is 5.69 Å². The maximum absolute atomic E-state index is 12.8. The van der Waals surface area contributed by atoms with E-state index in [0.717, 1.165) is 57.9 Å². The summed E-state index contributed by atoms with van der Waals surface area (Å²) in [5, 5.41) is 0. The number of methoxy groups -OCH3 is 1. The Morgan fingerprint density at radius 3 is 2.21 bits per heavy atom. The normalized spacial score (nSPS) is 14.0. The molecular formula is C22H31N5O2. The number of amides is 1. The maximum atomic E-state index is 12.8. The lowest BCUT2D eigenvalue weighted by molar-refractivity contribution is 0.0749. The smallest absolute Gasteiger partial charge is 0.272 e. The Kier molecular flexibility index (Phi) is 7.27. The summed E-state index contributed by atoms with van der Waals surface area (Å²) in [5.74, 6) is 1.50. The number of benzene rings is 1. The SMILES string of the molecule is CCCN(CCC)C(=O)c1ccnc(N2CCN(c3ccc(OC)cc3)CC2)n1. The first-order chi connectivity index (χ1) is 14.2. The fourth-order valence-electron chi connectivity index (χ4n) is 3.59. The monoisotopic (exact) mass is 397 g/mol. The van der Waals surface area contributed by atoms with Crippen LogP contribution in [0.3, 0.4) is 0 Å². The summed E-state index contributed by atoms with van der Waals surface area (Å²) in [4.78, 5) is 28.2. The minimum Gasteiger partial charge on any atom is -0.497 e. The van der Waals surface area contributed by atoms with Crippen LogP contribution in [0.4, 0.5) is 11.6 Å². The number of anilines is 2. The van der Waals surface area contributed by atoms with Gasteiger partial charge in [0.25, 0.3) is 5.91 Å². The van der Waals surface area contributed by atoms with E-state index in [2.05, 4.69) is 45.7 Å². The lowest BCUT2D eigenvalue weighted by atomic mass is 10.2. The third-order valence-electron chi connectivity index (χ3n) is 5.14. The molecule has 29 heavy (non-hydrogen) atoms. The van der Waals surface area contributed by atoms with Gasteiger partial charge in [-0.1, -0.05) is 13.8 Å². The second-order valence-electron chi connectivity index (χ2n) is 7.21. The fraction of sp³-hybridized carbons (Fsp3) is 0.500. The van der Waals surface area contributed by atoms with Crippen LogP contribution in [-0.4, -0.2) is 67.2 Å². The van der Waals surface area contributed by atoms with Gasteiger partial charge in [0.1, 0.15) is 11.4 Å². The number of carbonyl (C=O) groups excluding carboxylic acids is 1. The number of hydrogen-bond acceptors (Lipinski definition) is 6. The molecule has 0 radical (unpaired) electrons. The highest BCUT2D eigenvalue weighted by molar-refractivity contribution is 5.92. The molecule has 3 rings (SSSR count). The van der Waals surface area contributed by atoms with Gasteiger partial charge in [0.05, 0.1) is 7.11 Å². The van der Waals surface area contributed by atoms with Gasteiger partial charge in [0.15, 0.2) is 0 Å². The van der Waals surface area contributed by atoms with Crippen molar-refractivity contribution in [3.05, 3.63) is 42.2 Å². The molecule has 1 fully saturated rings. The summed E-state index contributed by atoms with van der Waals surface area (Å²) in [5.41, 5.74) is 1.67. The molecule has 7 heteroatoms. The third kappa shape index (κ3) is 5.16. The van der Waals surface area contributed by atoms with E-state index < -0.39 is 0 Å². The molecule has 1 saturated heterocycles. The van der Waals surface area contributed by atoms with Crippen molar-refractivity contribution < 1.29 is 9.53 Å². The standard InChI is InChI=1S/C22H31N5O2/c1-4-12-26(13-5-2)21(28)20-10-11-23-22(24-20)27-16-14-25(15-17-27)18-6-8-19(29-3)9-7-18/h6-11H,4-5,12-17H2,1-3H3. The molecule has 2 aromatic rings. The molecule has 1 aliphatic heterocycles. The molecule has 0 N–H and O–H groups in total. The van der Waals surface area contributed by atoms with Crippen molar-refractivity contribution in [1.29, 1.82) is 0 Å². The minimum absolute atomic E-state index is 0.00535. The number of hydrogen-bond donors (Lipinski definition) is 0. The van der Waals surface area contributed by atoms with E-state index in [1.807, 2.05) is 17.0 Å². The van der Waals surface area contributed by atoms with E-state index in [-0.39, 0.29) is 5.91 Å². The number of piperazine rings is 1. The van der Waals surface area contributed by atoms with Gasteiger partial charge in [0.2, 0.25) is 5.95 Å². The molecule has 0 atom stereocenters. The van der Waals surface area contributed by atoms with E-state index in [9.17, 15) is 4.79 Å². The lowest BCUT2D eigenvalue weighted by Gasteiger charge is -2.36. The fourth-order valence-corrected chi connectivity index (χ4v) is 3.59. The zero-order valence-electron chi connectivity index (χ0n) is 17.7. The van der Waals surface area contributed by atoms with Crippen LogP contribution >= 0.6 is 0 Å². The van der Waals surface area contributed by atoms with Crippen LogP contribution in [0.5, 0.6) is 5.75 Å². The van der Waals surface area contributed by atoms with E-state index in [4.69, 9.17) is 4.74 Å². The van der Waals surface area contributed by atoms with Gasteiger partial charge in [-0.3, -0.25) is 4.79 Å². The lowest BCUT2D eigenvalue weighted by Crippen LogP contribution is -2.47. The average molecular weight is 398 g/mol. The first kappa shape index (κ1) is 20.9. The molecule has 2 heterocycles. The predicted molar refractivity (Wildman–Crippen MR) is 116 cm³/mol. The molecule has 1 aliphatic rings. The van der Waals surface area contributed by atoms with E-state index in [0.29, 0.717) is 11.6 Å². The Morgan fingerprint density at radius 1 is 1.00 bits per heavy atom. The van der Waals surface area contributed by atoms with Gasteiger partial charge in [-0.15, -0.1) is 0 Å². The van der Waals surface area contributed by atoms with Gasteiger partial charge < -0.3 is 19.4 Å². The third-order valence-corrected chi connectivity index (χ3v) is 5.14. The molecule has 1 aromatic carbocycles. The number of rotatable bonds is 8. The summed E-state index contributed by atoms with van der Waals surface area (Å²) >= 11 is 0. The number of nitrogens with zero attached hydrogens (tertiary/aromatic N) is 5. The van der Waals surface area contributed by atoms with Crippen LogP contribution in [0.15, 0.2) is 36.5 Å². The number of aromatic nitrogens is 2. The van der Waals surface area contributed by atoms with Crippen molar-refractivity contribution in [3.63, 3.8) is 0 Å². The molecule has 0 aliphatic carbocycles. The first-order valence-corrected chi connectivity index (χ1v) is 10.4. The molecule has 7 nitrogen and oxygen atoms in total. The van der Waals surface area contributed by atoms with Gasteiger partial charge >= 0.3 is 0 Å². The molecule has 1 aromatic heterocycles. The summed E-state index contributed by atoms with van der Waals surface area (Å²) in [6, 6.07) is 9.86. The largest absolute Gasteiger partial charge is 0.497 e. The highest BCUT2D eigenvalue weighted by Gasteiger charge is 2.22. The van der Waals surface area contributed by atoms with Crippen LogP contribution < -0.4 is 14.5 Å². The van der Waals surface area contributed by atoms with Crippen molar-refractivity contribution in [2.24, 2.45) is 0 Å². The Hall–Kier alpha value is -2.83. The second-order valence-corrected chi connectivity index (χ2v) is 7.21. The van der Waals surface area contributed by atoms with Crippen molar-refractivity contribution in [2.75, 3.05) is 56.2 Å². The van der Waals surface area contributed by atoms with E-state index in [1.54, 1.807) is 19.4 Å². The Balaban J connectivity index is 1.64. The summed E-state index contributed by atoms with van der Waals surface area (Å²) in [6.45, 7) is 9.08. The van der Waals surface area contributed by atoms with Gasteiger partial charge in [-0.25, -0.2) is 9.97 Å².